The standard InChI is InChI=1S/C15H11Cl2FN2O2S/c16-11-5-9(14(21)20-15(19)23)6-12(17)13(11)22-7-8-1-3-10(18)4-2-8/h1-6H,7H2,(H3,19,20,21,23). The Morgan fingerprint density at radius 3 is 2.30 bits per heavy atom. The molecule has 0 saturated heterocycles. The summed E-state index contributed by atoms with van der Waals surface area (Å²) in [7, 11) is 0. The highest BCUT2D eigenvalue weighted by molar-refractivity contribution is 7.80. The van der Waals surface area contributed by atoms with Gasteiger partial charge < -0.3 is 10.5 Å². The number of carbonyl (C=O) groups excluding carboxylic acids is 1. The van der Waals surface area contributed by atoms with Crippen molar-refractivity contribution in [3.05, 3.63) is 63.4 Å². The minimum Gasteiger partial charge on any atom is -0.486 e. The van der Waals surface area contributed by atoms with Crippen LogP contribution >= 0.6 is 35.4 Å². The van der Waals surface area contributed by atoms with Crippen LogP contribution in [-0.4, -0.2) is 11.0 Å². The highest BCUT2D eigenvalue weighted by atomic mass is 35.5. The van der Waals surface area contributed by atoms with Crippen LogP contribution in [0.25, 0.3) is 0 Å². The lowest BCUT2D eigenvalue weighted by Gasteiger charge is -2.12. The smallest absolute Gasteiger partial charge is 0.257 e. The van der Waals surface area contributed by atoms with Crippen LogP contribution in [0.3, 0.4) is 0 Å². The molecule has 0 atom stereocenters. The Morgan fingerprint density at radius 1 is 1.22 bits per heavy atom. The number of carbonyl (C=O) groups is 1. The van der Waals surface area contributed by atoms with E-state index >= 15 is 0 Å². The first-order valence-electron chi connectivity index (χ1n) is 6.34. The van der Waals surface area contributed by atoms with Gasteiger partial charge in [0.15, 0.2) is 10.9 Å². The van der Waals surface area contributed by atoms with Crippen molar-refractivity contribution in [1.82, 2.24) is 5.32 Å². The molecule has 0 radical (unpaired) electrons. The molecule has 0 aromatic heterocycles. The van der Waals surface area contributed by atoms with Gasteiger partial charge in [0.2, 0.25) is 0 Å². The van der Waals surface area contributed by atoms with Gasteiger partial charge in [-0.15, -0.1) is 0 Å². The Balaban J connectivity index is 2.15. The van der Waals surface area contributed by atoms with E-state index in [0.29, 0.717) is 0 Å². The summed E-state index contributed by atoms with van der Waals surface area (Å²) in [6.07, 6.45) is 0. The number of benzene rings is 2. The molecule has 3 N–H and O–H groups in total. The molecule has 1 amide bonds. The molecule has 0 saturated carbocycles. The fraction of sp³-hybridized carbons (Fsp3) is 0.0667. The van der Waals surface area contributed by atoms with Crippen molar-refractivity contribution in [3.8, 4) is 5.75 Å². The van der Waals surface area contributed by atoms with Crippen molar-refractivity contribution in [1.29, 1.82) is 0 Å². The van der Waals surface area contributed by atoms with E-state index in [0.717, 1.165) is 5.56 Å². The van der Waals surface area contributed by atoms with Gasteiger partial charge in [0, 0.05) is 5.56 Å². The van der Waals surface area contributed by atoms with Crippen LogP contribution in [0.4, 0.5) is 4.39 Å². The van der Waals surface area contributed by atoms with Gasteiger partial charge in [-0.05, 0) is 42.0 Å². The van der Waals surface area contributed by atoms with E-state index in [-0.39, 0.29) is 38.9 Å². The van der Waals surface area contributed by atoms with Crippen molar-refractivity contribution >= 4 is 46.4 Å². The number of amides is 1. The highest BCUT2D eigenvalue weighted by Gasteiger charge is 2.14. The molecule has 120 valence electrons. The Bertz CT molecular complexity index is 731. The summed E-state index contributed by atoms with van der Waals surface area (Å²) in [6, 6.07) is 8.60. The molecule has 0 unspecified atom stereocenters. The van der Waals surface area contributed by atoms with Gasteiger partial charge in [-0.25, -0.2) is 4.39 Å². The van der Waals surface area contributed by atoms with Crippen LogP contribution in [0.5, 0.6) is 5.75 Å². The first-order chi connectivity index (χ1) is 10.9. The molecule has 4 nitrogen and oxygen atoms in total. The fourth-order valence-corrected chi connectivity index (χ4v) is 2.44. The van der Waals surface area contributed by atoms with Crippen molar-refractivity contribution in [2.45, 2.75) is 6.61 Å². The van der Waals surface area contributed by atoms with Gasteiger partial charge in [0.05, 0.1) is 10.0 Å². The topological polar surface area (TPSA) is 64.3 Å². The van der Waals surface area contributed by atoms with Gasteiger partial charge in [-0.2, -0.15) is 0 Å². The van der Waals surface area contributed by atoms with Gasteiger partial charge in [0.25, 0.3) is 5.91 Å². The molecule has 0 aliphatic rings. The van der Waals surface area contributed by atoms with Crippen LogP contribution in [-0.2, 0) is 6.61 Å². The molecule has 0 aliphatic carbocycles. The quantitative estimate of drug-likeness (QED) is 0.803. The molecule has 0 spiro atoms. The van der Waals surface area contributed by atoms with Crippen molar-refractivity contribution in [2.75, 3.05) is 0 Å². The van der Waals surface area contributed by atoms with Gasteiger partial charge in [-0.3, -0.25) is 10.1 Å². The second-order valence-electron chi connectivity index (χ2n) is 4.50. The van der Waals surface area contributed by atoms with Crippen molar-refractivity contribution in [2.24, 2.45) is 5.73 Å². The number of halogens is 3. The maximum atomic E-state index is 12.8. The molecule has 0 aliphatic heterocycles. The third kappa shape index (κ3) is 4.79. The van der Waals surface area contributed by atoms with E-state index in [4.69, 9.17) is 33.7 Å². The van der Waals surface area contributed by atoms with Crippen LogP contribution in [0.2, 0.25) is 10.0 Å². The zero-order chi connectivity index (χ0) is 17.0. The van der Waals surface area contributed by atoms with Crippen LogP contribution in [0, 0.1) is 5.82 Å². The van der Waals surface area contributed by atoms with E-state index in [1.807, 2.05) is 0 Å². The lowest BCUT2D eigenvalue weighted by molar-refractivity contribution is 0.0977. The van der Waals surface area contributed by atoms with Crippen LogP contribution in [0.15, 0.2) is 36.4 Å². The Hall–Kier alpha value is -1.89. The predicted octanol–water partition coefficient (Wildman–Crippen LogP) is 3.68. The normalized spacial score (nSPS) is 10.2. The third-order valence-corrected chi connectivity index (χ3v) is 3.46. The van der Waals surface area contributed by atoms with E-state index in [1.54, 1.807) is 12.1 Å². The van der Waals surface area contributed by atoms with Crippen molar-refractivity contribution in [3.63, 3.8) is 0 Å². The molecule has 8 heteroatoms. The van der Waals surface area contributed by atoms with E-state index < -0.39 is 5.91 Å². The number of ether oxygens (including phenoxy) is 1. The SMILES string of the molecule is NC(=S)NC(=O)c1cc(Cl)c(OCc2ccc(F)cc2)c(Cl)c1. The summed E-state index contributed by atoms with van der Waals surface area (Å²) in [5.41, 5.74) is 6.18. The average Bonchev–Trinajstić information content (AvgIpc) is 2.47. The molecular formula is C15H11Cl2FN2O2S. The molecule has 0 bridgehead atoms. The summed E-state index contributed by atoms with van der Waals surface area (Å²) in [4.78, 5) is 11.8. The van der Waals surface area contributed by atoms with Gasteiger partial charge >= 0.3 is 0 Å². The molecule has 2 aromatic rings. The zero-order valence-electron chi connectivity index (χ0n) is 11.6. The Kier molecular flexibility index (Phi) is 5.76. The Labute approximate surface area is 147 Å². The summed E-state index contributed by atoms with van der Waals surface area (Å²) >= 11 is 16.8. The zero-order valence-corrected chi connectivity index (χ0v) is 13.9. The fourth-order valence-electron chi connectivity index (χ4n) is 1.75. The highest BCUT2D eigenvalue weighted by Crippen LogP contribution is 2.34. The molecule has 0 fully saturated rings. The first kappa shape index (κ1) is 17.5. The number of hydrogen-bond donors (Lipinski definition) is 2. The number of hydrogen-bond acceptors (Lipinski definition) is 3. The minimum atomic E-state index is -0.522. The predicted molar refractivity (Wildman–Crippen MR) is 91.4 cm³/mol. The first-order valence-corrected chi connectivity index (χ1v) is 7.50. The average molecular weight is 373 g/mol. The van der Waals surface area contributed by atoms with E-state index in [1.165, 1.54) is 24.3 Å². The maximum Gasteiger partial charge on any atom is 0.257 e. The molecule has 0 heterocycles. The largest absolute Gasteiger partial charge is 0.486 e. The summed E-state index contributed by atoms with van der Waals surface area (Å²) in [5.74, 6) is -0.631. The summed E-state index contributed by atoms with van der Waals surface area (Å²) < 4.78 is 18.4. The van der Waals surface area contributed by atoms with Gasteiger partial charge in [-0.1, -0.05) is 35.3 Å². The summed E-state index contributed by atoms with van der Waals surface area (Å²) in [6.45, 7) is 0.151. The van der Waals surface area contributed by atoms with Crippen molar-refractivity contribution < 1.29 is 13.9 Å². The number of nitrogens with two attached hydrogens (primary N) is 1. The summed E-state index contributed by atoms with van der Waals surface area (Å²) in [5, 5.41) is 2.44. The molecule has 2 aromatic carbocycles. The molecule has 2 rings (SSSR count). The lowest BCUT2D eigenvalue weighted by Crippen LogP contribution is -2.34. The second-order valence-corrected chi connectivity index (χ2v) is 5.76. The second kappa shape index (κ2) is 7.59. The monoisotopic (exact) mass is 372 g/mol. The minimum absolute atomic E-state index is 0.151. The number of thiocarbonyl (C=S) groups is 1. The van der Waals surface area contributed by atoms with Crippen LogP contribution in [0.1, 0.15) is 15.9 Å². The van der Waals surface area contributed by atoms with E-state index in [2.05, 4.69) is 17.5 Å². The van der Waals surface area contributed by atoms with Gasteiger partial charge in [0.1, 0.15) is 12.4 Å². The molecular weight excluding hydrogens is 362 g/mol. The van der Waals surface area contributed by atoms with E-state index in [9.17, 15) is 9.18 Å². The lowest BCUT2D eigenvalue weighted by atomic mass is 10.2. The molecule has 23 heavy (non-hydrogen) atoms. The third-order valence-electron chi connectivity index (χ3n) is 2.79. The number of rotatable bonds is 4. The number of nitrogens with one attached hydrogen (secondary N) is 1. The Morgan fingerprint density at radius 2 is 1.78 bits per heavy atom. The maximum absolute atomic E-state index is 12.8. The van der Waals surface area contributed by atoms with Crippen LogP contribution < -0.4 is 15.8 Å².